The lowest BCUT2D eigenvalue weighted by Crippen LogP contribution is -2.45. The van der Waals surface area contributed by atoms with E-state index < -0.39 is 10.0 Å². The second-order valence-corrected chi connectivity index (χ2v) is 9.97. The number of hydrogen-bond donors (Lipinski definition) is 2. The minimum absolute atomic E-state index is 0.183. The summed E-state index contributed by atoms with van der Waals surface area (Å²) in [7, 11) is -3.77. The lowest BCUT2D eigenvalue weighted by Gasteiger charge is -2.30. The summed E-state index contributed by atoms with van der Waals surface area (Å²) in [4.78, 5) is 25.7. The van der Waals surface area contributed by atoms with E-state index >= 15 is 0 Å². The molecule has 172 valence electrons. The summed E-state index contributed by atoms with van der Waals surface area (Å²) in [5, 5.41) is 4.13. The predicted molar refractivity (Wildman–Crippen MR) is 129 cm³/mol. The van der Waals surface area contributed by atoms with Gasteiger partial charge in [-0.1, -0.05) is 42.5 Å². The largest absolute Gasteiger partial charge is 0.321 e. The molecule has 1 saturated heterocycles. The molecule has 1 aliphatic heterocycles. The number of benzene rings is 3. The topological polar surface area (TPSA) is 95.6 Å². The Kier molecular flexibility index (Phi) is 6.88. The minimum atomic E-state index is -3.77. The number of aryl methyl sites for hydroxylation is 1. The van der Waals surface area contributed by atoms with E-state index in [1.54, 1.807) is 42.5 Å². The fourth-order valence-corrected chi connectivity index (χ4v) is 5.79. The summed E-state index contributed by atoms with van der Waals surface area (Å²) in [5.74, 6) is -0.242. The molecule has 1 aliphatic rings. The summed E-state index contributed by atoms with van der Waals surface area (Å²) in [6.07, 6.45) is 2.17. The number of sulfonamides is 1. The van der Waals surface area contributed by atoms with Crippen LogP contribution >= 0.6 is 0 Å². The van der Waals surface area contributed by atoms with E-state index in [0.29, 0.717) is 54.5 Å². The first-order valence-corrected chi connectivity index (χ1v) is 12.4. The highest BCUT2D eigenvalue weighted by atomic mass is 32.2. The van der Waals surface area contributed by atoms with Crippen molar-refractivity contribution in [3.05, 3.63) is 71.8 Å². The molecule has 0 radical (unpaired) electrons. The Morgan fingerprint density at radius 3 is 2.42 bits per heavy atom. The molecule has 33 heavy (non-hydrogen) atoms. The Hall–Kier alpha value is -3.07. The lowest BCUT2D eigenvalue weighted by molar-refractivity contribution is -0.109. The Balaban J connectivity index is 1.59. The molecule has 1 amide bonds. The summed E-state index contributed by atoms with van der Waals surface area (Å²) >= 11 is 0. The second-order valence-electron chi connectivity index (χ2n) is 8.29. The van der Waals surface area contributed by atoms with Crippen molar-refractivity contribution in [1.82, 2.24) is 9.62 Å². The lowest BCUT2D eigenvalue weighted by atomic mass is 10.1. The molecule has 3 aromatic rings. The zero-order chi connectivity index (χ0) is 23.4. The first-order chi connectivity index (χ1) is 15.9. The molecule has 2 N–H and O–H groups in total. The molecule has 0 spiro atoms. The van der Waals surface area contributed by atoms with Crippen LogP contribution < -0.4 is 10.0 Å². The van der Waals surface area contributed by atoms with Crippen molar-refractivity contribution in [3.63, 3.8) is 0 Å². The average Bonchev–Trinajstić information content (AvgIpc) is 2.80. The van der Waals surface area contributed by atoms with Crippen LogP contribution in [0, 0.1) is 6.92 Å². The SMILES string of the molecule is Cc1ccccc1C(=O)Nc1cccc2c(S(=O)(=O)NC3CCN(CC=O)CC3)cccc12. The maximum atomic E-state index is 13.3. The van der Waals surface area contributed by atoms with Gasteiger partial charge < -0.3 is 10.1 Å². The highest BCUT2D eigenvalue weighted by Crippen LogP contribution is 2.30. The predicted octanol–water partition coefficient (Wildman–Crippen LogP) is 3.34. The van der Waals surface area contributed by atoms with Crippen molar-refractivity contribution in [1.29, 1.82) is 0 Å². The van der Waals surface area contributed by atoms with E-state index in [1.165, 1.54) is 0 Å². The van der Waals surface area contributed by atoms with E-state index in [4.69, 9.17) is 0 Å². The van der Waals surface area contributed by atoms with Gasteiger partial charge in [-0.05, 0) is 43.5 Å². The molecule has 0 saturated carbocycles. The third kappa shape index (κ3) is 5.13. The van der Waals surface area contributed by atoms with Crippen LogP contribution in [0.25, 0.3) is 10.8 Å². The van der Waals surface area contributed by atoms with Gasteiger partial charge in [0, 0.05) is 41.2 Å². The van der Waals surface area contributed by atoms with Crippen molar-refractivity contribution in [2.24, 2.45) is 0 Å². The van der Waals surface area contributed by atoms with E-state index in [9.17, 15) is 18.0 Å². The van der Waals surface area contributed by atoms with Gasteiger partial charge >= 0.3 is 0 Å². The highest BCUT2D eigenvalue weighted by Gasteiger charge is 2.26. The number of hydrogen-bond acceptors (Lipinski definition) is 5. The van der Waals surface area contributed by atoms with Crippen molar-refractivity contribution in [2.75, 3.05) is 25.0 Å². The third-order valence-electron chi connectivity index (χ3n) is 6.05. The quantitative estimate of drug-likeness (QED) is 0.522. The smallest absolute Gasteiger partial charge is 0.255 e. The standard InChI is InChI=1S/C25H27N3O4S/c1-18-6-2-3-7-20(18)25(30)26-23-10-4-9-22-21(23)8-5-11-24(22)33(31,32)27-19-12-14-28(15-13-19)16-17-29/h2-11,17,19,27H,12-16H2,1H3,(H,26,30). The van der Waals surface area contributed by atoms with Gasteiger partial charge in [0.25, 0.3) is 5.91 Å². The number of anilines is 1. The third-order valence-corrected chi connectivity index (χ3v) is 7.63. The fourth-order valence-electron chi connectivity index (χ4n) is 4.26. The number of aldehydes is 1. The maximum absolute atomic E-state index is 13.3. The normalized spacial score (nSPS) is 15.4. The molecule has 0 bridgehead atoms. The first-order valence-electron chi connectivity index (χ1n) is 11.0. The number of amides is 1. The van der Waals surface area contributed by atoms with Gasteiger partial charge in [-0.25, -0.2) is 13.1 Å². The number of carbonyl (C=O) groups is 2. The fraction of sp³-hybridized carbons (Fsp3) is 0.280. The number of carbonyl (C=O) groups excluding carboxylic acids is 2. The van der Waals surface area contributed by atoms with E-state index in [1.807, 2.05) is 30.0 Å². The van der Waals surface area contributed by atoms with Gasteiger partial charge in [-0.2, -0.15) is 0 Å². The van der Waals surface area contributed by atoms with Gasteiger partial charge in [-0.3, -0.25) is 9.69 Å². The summed E-state index contributed by atoms with van der Waals surface area (Å²) in [6.45, 7) is 3.60. The molecule has 1 fully saturated rings. The minimum Gasteiger partial charge on any atom is -0.321 e. The molecule has 0 aliphatic carbocycles. The number of rotatable bonds is 7. The van der Waals surface area contributed by atoms with Crippen LogP contribution in [-0.4, -0.2) is 51.2 Å². The molecule has 0 aromatic heterocycles. The van der Waals surface area contributed by atoms with Crippen LogP contribution in [0.2, 0.25) is 0 Å². The van der Waals surface area contributed by atoms with Gasteiger partial charge in [0.1, 0.15) is 6.29 Å². The van der Waals surface area contributed by atoms with E-state index in [0.717, 1.165) is 11.8 Å². The number of fused-ring (bicyclic) bond motifs is 1. The van der Waals surface area contributed by atoms with Crippen molar-refractivity contribution in [3.8, 4) is 0 Å². The zero-order valence-corrected chi connectivity index (χ0v) is 19.3. The molecule has 3 aromatic carbocycles. The molecular weight excluding hydrogens is 438 g/mol. The Bertz CT molecular complexity index is 1280. The van der Waals surface area contributed by atoms with E-state index in [-0.39, 0.29) is 16.8 Å². The van der Waals surface area contributed by atoms with Gasteiger partial charge in [0.2, 0.25) is 10.0 Å². The van der Waals surface area contributed by atoms with Gasteiger partial charge in [0.15, 0.2) is 0 Å². The van der Waals surface area contributed by atoms with Gasteiger partial charge in [-0.15, -0.1) is 0 Å². The number of nitrogens with zero attached hydrogens (tertiary/aromatic N) is 1. The Morgan fingerprint density at radius 1 is 1.00 bits per heavy atom. The van der Waals surface area contributed by atoms with Crippen molar-refractivity contribution in [2.45, 2.75) is 30.7 Å². The average molecular weight is 466 g/mol. The van der Waals surface area contributed by atoms with Crippen LogP contribution in [0.4, 0.5) is 5.69 Å². The molecule has 0 unspecified atom stereocenters. The second kappa shape index (κ2) is 9.82. The van der Waals surface area contributed by atoms with Crippen LogP contribution in [-0.2, 0) is 14.8 Å². The van der Waals surface area contributed by atoms with Crippen molar-refractivity contribution >= 4 is 38.7 Å². The Morgan fingerprint density at radius 2 is 1.70 bits per heavy atom. The van der Waals surface area contributed by atoms with Crippen LogP contribution in [0.3, 0.4) is 0 Å². The van der Waals surface area contributed by atoms with Crippen molar-refractivity contribution < 1.29 is 18.0 Å². The maximum Gasteiger partial charge on any atom is 0.255 e. The monoisotopic (exact) mass is 465 g/mol. The molecule has 1 heterocycles. The van der Waals surface area contributed by atoms with E-state index in [2.05, 4.69) is 10.0 Å². The highest BCUT2D eigenvalue weighted by molar-refractivity contribution is 7.89. The van der Waals surface area contributed by atoms with Crippen LogP contribution in [0.5, 0.6) is 0 Å². The Labute approximate surface area is 193 Å². The van der Waals surface area contributed by atoms with Crippen LogP contribution in [0.1, 0.15) is 28.8 Å². The molecule has 0 atom stereocenters. The molecule has 8 heteroatoms. The molecule has 4 rings (SSSR count). The number of piperidine rings is 1. The van der Waals surface area contributed by atoms with Crippen LogP contribution in [0.15, 0.2) is 65.6 Å². The first kappa shape index (κ1) is 23.1. The summed E-state index contributed by atoms with van der Waals surface area (Å²) in [6, 6.07) is 17.5. The molecule has 7 nitrogen and oxygen atoms in total. The number of nitrogens with one attached hydrogen (secondary N) is 2. The molecular formula is C25H27N3O4S. The summed E-state index contributed by atoms with van der Waals surface area (Å²) < 4.78 is 29.3. The summed E-state index contributed by atoms with van der Waals surface area (Å²) in [5.41, 5.74) is 1.99. The van der Waals surface area contributed by atoms with Gasteiger partial charge in [0.05, 0.1) is 11.4 Å². The zero-order valence-electron chi connectivity index (χ0n) is 18.5. The number of likely N-dealkylation sites (tertiary alicyclic amines) is 1.